The van der Waals surface area contributed by atoms with Gasteiger partial charge in [0.25, 0.3) is 0 Å². The Hall–Kier alpha value is -2.43. The van der Waals surface area contributed by atoms with E-state index in [0.29, 0.717) is 5.56 Å². The van der Waals surface area contributed by atoms with Gasteiger partial charge in [-0.25, -0.2) is 9.59 Å². The van der Waals surface area contributed by atoms with E-state index in [1.165, 1.54) is 0 Å². The summed E-state index contributed by atoms with van der Waals surface area (Å²) in [6.07, 6.45) is 0.950. The summed E-state index contributed by atoms with van der Waals surface area (Å²) < 4.78 is 9.50. The van der Waals surface area contributed by atoms with Crippen LogP contribution >= 0.6 is 0 Å². The number of esters is 2. The molecule has 0 aromatic heterocycles. The van der Waals surface area contributed by atoms with Gasteiger partial charge in [0.15, 0.2) is 5.78 Å². The highest BCUT2D eigenvalue weighted by Crippen LogP contribution is 2.07. The average molecular weight is 276 g/mol. The van der Waals surface area contributed by atoms with Crippen molar-refractivity contribution in [2.45, 2.75) is 13.8 Å². The van der Waals surface area contributed by atoms with E-state index >= 15 is 0 Å². The van der Waals surface area contributed by atoms with Crippen molar-refractivity contribution < 1.29 is 23.9 Å². The second-order valence-corrected chi connectivity index (χ2v) is 3.73. The lowest BCUT2D eigenvalue weighted by atomic mass is 10.1. The predicted molar refractivity (Wildman–Crippen MR) is 72.1 cm³/mol. The molecule has 0 saturated carbocycles. The Labute approximate surface area is 117 Å². The number of benzene rings is 1. The van der Waals surface area contributed by atoms with E-state index in [4.69, 9.17) is 9.47 Å². The molecular formula is C15H16O5. The first kappa shape index (κ1) is 15.6. The molecule has 5 nitrogen and oxygen atoms in total. The number of allylic oxidation sites excluding steroid dienone is 1. The van der Waals surface area contributed by atoms with Crippen LogP contribution in [-0.4, -0.2) is 30.9 Å². The zero-order valence-corrected chi connectivity index (χ0v) is 11.4. The van der Waals surface area contributed by atoms with Crippen LogP contribution < -0.4 is 0 Å². The highest BCUT2D eigenvalue weighted by atomic mass is 16.6. The minimum Gasteiger partial charge on any atom is -0.462 e. The fourth-order valence-corrected chi connectivity index (χ4v) is 1.44. The summed E-state index contributed by atoms with van der Waals surface area (Å²) in [4.78, 5) is 35.3. The maximum atomic E-state index is 12.0. The smallest absolute Gasteiger partial charge is 0.345 e. The zero-order valence-electron chi connectivity index (χ0n) is 11.4. The topological polar surface area (TPSA) is 69.7 Å². The Morgan fingerprint density at radius 1 is 0.950 bits per heavy atom. The van der Waals surface area contributed by atoms with Crippen molar-refractivity contribution in [3.8, 4) is 0 Å². The minimum atomic E-state index is -0.866. The fraction of sp³-hybridized carbons (Fsp3) is 0.267. The van der Waals surface area contributed by atoms with E-state index in [0.717, 1.165) is 6.08 Å². The Balaban J connectivity index is 3.03. The first-order chi connectivity index (χ1) is 9.60. The Morgan fingerprint density at radius 2 is 1.45 bits per heavy atom. The quantitative estimate of drug-likeness (QED) is 0.261. The van der Waals surface area contributed by atoms with Gasteiger partial charge < -0.3 is 9.47 Å². The summed E-state index contributed by atoms with van der Waals surface area (Å²) in [5, 5.41) is 0. The molecule has 0 spiro atoms. The van der Waals surface area contributed by atoms with E-state index < -0.39 is 23.3 Å². The van der Waals surface area contributed by atoms with Crippen LogP contribution in [0, 0.1) is 0 Å². The molecule has 0 heterocycles. The maximum Gasteiger partial charge on any atom is 0.345 e. The number of ketones is 1. The first-order valence-electron chi connectivity index (χ1n) is 6.25. The molecule has 106 valence electrons. The number of carbonyl (C=O) groups is 3. The van der Waals surface area contributed by atoms with Gasteiger partial charge in [0.2, 0.25) is 0 Å². The van der Waals surface area contributed by atoms with Crippen molar-refractivity contribution in [2.24, 2.45) is 0 Å². The lowest BCUT2D eigenvalue weighted by molar-refractivity contribution is -0.146. The van der Waals surface area contributed by atoms with Crippen molar-refractivity contribution in [3.05, 3.63) is 47.5 Å². The molecule has 0 aliphatic heterocycles. The van der Waals surface area contributed by atoms with Crippen molar-refractivity contribution in [3.63, 3.8) is 0 Å². The van der Waals surface area contributed by atoms with Crippen molar-refractivity contribution in [1.82, 2.24) is 0 Å². The van der Waals surface area contributed by atoms with Gasteiger partial charge in [0.1, 0.15) is 5.57 Å². The highest BCUT2D eigenvalue weighted by molar-refractivity contribution is 6.20. The molecular weight excluding hydrogens is 260 g/mol. The van der Waals surface area contributed by atoms with Gasteiger partial charge >= 0.3 is 11.9 Å². The van der Waals surface area contributed by atoms with Crippen LogP contribution in [0.1, 0.15) is 24.2 Å². The molecule has 0 radical (unpaired) electrons. The summed E-state index contributed by atoms with van der Waals surface area (Å²) >= 11 is 0. The van der Waals surface area contributed by atoms with Crippen LogP contribution in [0.3, 0.4) is 0 Å². The number of hydrogen-bond acceptors (Lipinski definition) is 5. The third kappa shape index (κ3) is 4.35. The van der Waals surface area contributed by atoms with E-state index in [-0.39, 0.29) is 13.2 Å². The Bertz CT molecular complexity index is 496. The lowest BCUT2D eigenvalue weighted by Crippen LogP contribution is -2.19. The van der Waals surface area contributed by atoms with Gasteiger partial charge in [0.05, 0.1) is 13.2 Å². The maximum absolute atomic E-state index is 12.0. The molecule has 20 heavy (non-hydrogen) atoms. The second kappa shape index (κ2) is 7.89. The number of hydrogen-bond donors (Lipinski definition) is 0. The molecule has 0 atom stereocenters. The molecule has 5 heteroatoms. The van der Waals surface area contributed by atoms with E-state index in [1.54, 1.807) is 44.2 Å². The van der Waals surface area contributed by atoms with Gasteiger partial charge in [-0.05, 0) is 13.8 Å². The minimum absolute atomic E-state index is 0.106. The Morgan fingerprint density at radius 3 is 1.90 bits per heavy atom. The summed E-state index contributed by atoms with van der Waals surface area (Å²) in [6, 6.07) is 8.32. The first-order valence-corrected chi connectivity index (χ1v) is 6.25. The van der Waals surface area contributed by atoms with Crippen LogP contribution in [0.25, 0.3) is 0 Å². The van der Waals surface area contributed by atoms with Gasteiger partial charge in [-0.2, -0.15) is 0 Å². The van der Waals surface area contributed by atoms with Crippen LogP contribution in [-0.2, 0) is 19.1 Å². The van der Waals surface area contributed by atoms with E-state index in [2.05, 4.69) is 0 Å². The molecule has 0 amide bonds. The van der Waals surface area contributed by atoms with Gasteiger partial charge in [-0.1, -0.05) is 30.3 Å². The summed E-state index contributed by atoms with van der Waals surface area (Å²) in [6.45, 7) is 3.43. The third-order valence-electron chi connectivity index (χ3n) is 2.32. The average Bonchev–Trinajstić information content (AvgIpc) is 2.45. The van der Waals surface area contributed by atoms with Crippen LogP contribution in [0.2, 0.25) is 0 Å². The molecule has 0 N–H and O–H groups in total. The van der Waals surface area contributed by atoms with Crippen LogP contribution in [0.5, 0.6) is 0 Å². The normalized spacial score (nSPS) is 9.50. The molecule has 0 saturated heterocycles. The standard InChI is InChI=1S/C15H16O5/c1-3-19-14(17)12(15(18)20-4-2)10-13(16)11-8-6-5-7-9-11/h5-10H,3-4H2,1-2H3. The SMILES string of the molecule is CCOC(=O)C(=CC(=O)c1ccccc1)C(=O)OCC. The largest absolute Gasteiger partial charge is 0.462 e. The third-order valence-corrected chi connectivity index (χ3v) is 2.32. The Kier molecular flexibility index (Phi) is 6.16. The molecule has 1 aromatic rings. The molecule has 0 aliphatic rings. The number of ether oxygens (including phenoxy) is 2. The molecule has 1 aromatic carbocycles. The molecule has 0 unspecified atom stereocenters. The van der Waals surface area contributed by atoms with Crippen molar-refractivity contribution in [1.29, 1.82) is 0 Å². The zero-order chi connectivity index (χ0) is 15.0. The molecule has 0 fully saturated rings. The van der Waals surface area contributed by atoms with Gasteiger partial charge in [-0.15, -0.1) is 0 Å². The van der Waals surface area contributed by atoms with Gasteiger partial charge in [0, 0.05) is 11.6 Å². The van der Waals surface area contributed by atoms with Crippen molar-refractivity contribution >= 4 is 17.7 Å². The number of carbonyl (C=O) groups excluding carboxylic acids is 3. The lowest BCUT2D eigenvalue weighted by Gasteiger charge is -2.06. The predicted octanol–water partition coefficient (Wildman–Crippen LogP) is 1.92. The van der Waals surface area contributed by atoms with E-state index in [1.807, 2.05) is 0 Å². The fourth-order valence-electron chi connectivity index (χ4n) is 1.44. The summed E-state index contributed by atoms with van der Waals surface area (Å²) in [5.74, 6) is -2.19. The molecule has 1 rings (SSSR count). The summed E-state index contributed by atoms with van der Waals surface area (Å²) in [5.41, 5.74) is -0.0267. The van der Waals surface area contributed by atoms with E-state index in [9.17, 15) is 14.4 Å². The molecule has 0 bridgehead atoms. The molecule has 0 aliphatic carbocycles. The monoisotopic (exact) mass is 276 g/mol. The second-order valence-electron chi connectivity index (χ2n) is 3.73. The highest BCUT2D eigenvalue weighted by Gasteiger charge is 2.22. The van der Waals surface area contributed by atoms with Crippen LogP contribution in [0.4, 0.5) is 0 Å². The van der Waals surface area contributed by atoms with Crippen molar-refractivity contribution in [2.75, 3.05) is 13.2 Å². The number of rotatable bonds is 6. The summed E-state index contributed by atoms with van der Waals surface area (Å²) in [7, 11) is 0. The van der Waals surface area contributed by atoms with Crippen LogP contribution in [0.15, 0.2) is 42.0 Å². The van der Waals surface area contributed by atoms with Gasteiger partial charge in [-0.3, -0.25) is 4.79 Å².